The standard InChI is InChI=1S/C22H25N3O4/c1-3-25-16-8-5-4-7-15(16)24-19(25)10-11-23-21(26)20-14(2)13-18(29-22(20)27)17-9-6-12-28-17/h4-5,7-8,13,17H,3,6,9-12H2,1-2H3,(H,23,26). The first-order valence-corrected chi connectivity index (χ1v) is 10.1. The summed E-state index contributed by atoms with van der Waals surface area (Å²) in [6.07, 6.45) is 2.15. The maximum Gasteiger partial charge on any atom is 0.349 e. The molecule has 1 amide bonds. The van der Waals surface area contributed by atoms with Gasteiger partial charge in [0.05, 0.1) is 11.0 Å². The van der Waals surface area contributed by atoms with Gasteiger partial charge >= 0.3 is 5.63 Å². The predicted molar refractivity (Wildman–Crippen MR) is 109 cm³/mol. The van der Waals surface area contributed by atoms with E-state index in [1.807, 2.05) is 24.3 Å². The van der Waals surface area contributed by atoms with Crippen molar-refractivity contribution in [2.45, 2.75) is 45.8 Å². The average molecular weight is 395 g/mol. The second-order valence-electron chi connectivity index (χ2n) is 7.26. The van der Waals surface area contributed by atoms with Gasteiger partial charge in [0.15, 0.2) is 0 Å². The van der Waals surface area contributed by atoms with Gasteiger partial charge in [0.2, 0.25) is 0 Å². The number of aryl methyl sites for hydroxylation is 2. The van der Waals surface area contributed by atoms with Gasteiger partial charge in [0.1, 0.15) is 23.3 Å². The number of hydrogen-bond donors (Lipinski definition) is 1. The molecule has 1 fully saturated rings. The smallest absolute Gasteiger partial charge is 0.349 e. The molecule has 0 bridgehead atoms. The topological polar surface area (TPSA) is 86.4 Å². The number of hydrogen-bond acceptors (Lipinski definition) is 5. The molecular formula is C22H25N3O4. The van der Waals surface area contributed by atoms with E-state index >= 15 is 0 Å². The average Bonchev–Trinajstić information content (AvgIpc) is 3.35. The summed E-state index contributed by atoms with van der Waals surface area (Å²) < 4.78 is 13.1. The molecule has 1 aliphatic rings. The highest BCUT2D eigenvalue weighted by molar-refractivity contribution is 5.95. The molecule has 0 radical (unpaired) electrons. The van der Waals surface area contributed by atoms with E-state index in [4.69, 9.17) is 9.15 Å². The molecule has 1 aromatic carbocycles. The summed E-state index contributed by atoms with van der Waals surface area (Å²) in [6, 6.07) is 9.71. The number of nitrogens with zero attached hydrogens (tertiary/aromatic N) is 2. The number of aromatic nitrogens is 2. The number of benzene rings is 1. The van der Waals surface area contributed by atoms with Gasteiger partial charge in [-0.25, -0.2) is 9.78 Å². The van der Waals surface area contributed by atoms with Crippen LogP contribution in [0.1, 0.15) is 53.4 Å². The lowest BCUT2D eigenvalue weighted by Gasteiger charge is -2.11. The molecule has 7 heteroatoms. The van der Waals surface area contributed by atoms with Crippen molar-refractivity contribution in [1.82, 2.24) is 14.9 Å². The van der Waals surface area contributed by atoms with Crippen LogP contribution in [0.4, 0.5) is 0 Å². The van der Waals surface area contributed by atoms with E-state index in [0.29, 0.717) is 30.9 Å². The fourth-order valence-electron chi connectivity index (χ4n) is 3.91. The SMILES string of the molecule is CCn1c(CCNC(=O)c2c(C)cc(C3CCCO3)oc2=O)nc2ccccc21. The molecule has 29 heavy (non-hydrogen) atoms. The van der Waals surface area contributed by atoms with Crippen molar-refractivity contribution in [2.75, 3.05) is 13.2 Å². The van der Waals surface area contributed by atoms with Gasteiger partial charge in [-0.3, -0.25) is 4.79 Å². The Bertz CT molecular complexity index is 1090. The van der Waals surface area contributed by atoms with Crippen LogP contribution >= 0.6 is 0 Å². The Hall–Kier alpha value is -2.93. The van der Waals surface area contributed by atoms with E-state index < -0.39 is 11.5 Å². The zero-order valence-corrected chi connectivity index (χ0v) is 16.7. The Morgan fingerprint density at radius 3 is 2.90 bits per heavy atom. The summed E-state index contributed by atoms with van der Waals surface area (Å²) in [6.45, 7) is 5.67. The van der Waals surface area contributed by atoms with Crippen molar-refractivity contribution < 1.29 is 13.9 Å². The van der Waals surface area contributed by atoms with Crippen LogP contribution < -0.4 is 10.9 Å². The molecule has 1 saturated heterocycles. The number of amides is 1. The number of imidazole rings is 1. The maximum absolute atomic E-state index is 12.6. The largest absolute Gasteiger partial charge is 0.424 e. The minimum atomic E-state index is -0.617. The number of fused-ring (bicyclic) bond motifs is 1. The van der Waals surface area contributed by atoms with Gasteiger partial charge in [-0.2, -0.15) is 0 Å². The molecule has 0 aliphatic carbocycles. The fraction of sp³-hybridized carbons (Fsp3) is 0.409. The Labute approximate surface area is 168 Å². The van der Waals surface area contributed by atoms with E-state index in [1.165, 1.54) is 0 Å². The predicted octanol–water partition coefficient (Wildman–Crippen LogP) is 3.14. The fourth-order valence-corrected chi connectivity index (χ4v) is 3.91. The lowest BCUT2D eigenvalue weighted by Crippen LogP contribution is -2.31. The molecule has 4 rings (SSSR count). The first kappa shape index (κ1) is 19.4. The first-order valence-electron chi connectivity index (χ1n) is 10.1. The van der Waals surface area contributed by atoms with Crippen molar-refractivity contribution in [2.24, 2.45) is 0 Å². The van der Waals surface area contributed by atoms with Gasteiger partial charge < -0.3 is 19.0 Å². The number of nitrogens with one attached hydrogen (secondary N) is 1. The molecule has 0 saturated carbocycles. The van der Waals surface area contributed by atoms with Crippen molar-refractivity contribution >= 4 is 16.9 Å². The Morgan fingerprint density at radius 1 is 1.34 bits per heavy atom. The van der Waals surface area contributed by atoms with E-state index in [-0.39, 0.29) is 11.7 Å². The molecule has 3 heterocycles. The quantitative estimate of drug-likeness (QED) is 0.693. The number of rotatable bonds is 6. The third-order valence-electron chi connectivity index (χ3n) is 5.33. The minimum Gasteiger partial charge on any atom is -0.424 e. The summed E-state index contributed by atoms with van der Waals surface area (Å²) >= 11 is 0. The number of ether oxygens (including phenoxy) is 1. The molecule has 3 aromatic rings. The normalized spacial score (nSPS) is 16.4. The first-order chi connectivity index (χ1) is 14.1. The van der Waals surface area contributed by atoms with E-state index in [0.717, 1.165) is 36.2 Å². The molecular weight excluding hydrogens is 370 g/mol. The van der Waals surface area contributed by atoms with Gasteiger partial charge in [0, 0.05) is 26.1 Å². The van der Waals surface area contributed by atoms with Crippen LogP contribution in [0.2, 0.25) is 0 Å². The van der Waals surface area contributed by atoms with Crippen LogP contribution in [-0.4, -0.2) is 28.6 Å². The van der Waals surface area contributed by atoms with Gasteiger partial charge in [-0.15, -0.1) is 0 Å². The summed E-state index contributed by atoms with van der Waals surface area (Å²) in [4.78, 5) is 29.7. The highest BCUT2D eigenvalue weighted by Crippen LogP contribution is 2.28. The zero-order valence-electron chi connectivity index (χ0n) is 16.7. The van der Waals surface area contributed by atoms with E-state index in [9.17, 15) is 9.59 Å². The highest BCUT2D eigenvalue weighted by atomic mass is 16.5. The Morgan fingerprint density at radius 2 is 2.17 bits per heavy atom. The molecule has 0 spiro atoms. The van der Waals surface area contributed by atoms with Crippen molar-refractivity contribution in [3.05, 3.63) is 63.5 Å². The summed E-state index contributed by atoms with van der Waals surface area (Å²) in [7, 11) is 0. The number of carbonyl (C=O) groups is 1. The molecule has 1 atom stereocenters. The second-order valence-corrected chi connectivity index (χ2v) is 7.26. The second kappa shape index (κ2) is 8.21. The van der Waals surface area contributed by atoms with Crippen molar-refractivity contribution in [3.8, 4) is 0 Å². The number of carbonyl (C=O) groups excluding carboxylic acids is 1. The highest BCUT2D eigenvalue weighted by Gasteiger charge is 2.24. The van der Waals surface area contributed by atoms with Gasteiger partial charge in [-0.1, -0.05) is 12.1 Å². The Kier molecular flexibility index (Phi) is 5.49. The molecule has 1 unspecified atom stereocenters. The van der Waals surface area contributed by atoms with Crippen molar-refractivity contribution in [1.29, 1.82) is 0 Å². The molecule has 1 N–H and O–H groups in total. The molecule has 2 aromatic heterocycles. The zero-order chi connectivity index (χ0) is 20.4. The van der Waals surface area contributed by atoms with E-state index in [1.54, 1.807) is 13.0 Å². The minimum absolute atomic E-state index is 0.0516. The van der Waals surface area contributed by atoms with Crippen molar-refractivity contribution in [3.63, 3.8) is 0 Å². The van der Waals surface area contributed by atoms with Crippen LogP contribution in [0.15, 0.2) is 39.5 Å². The van der Waals surface area contributed by atoms with Crippen LogP contribution in [0, 0.1) is 6.92 Å². The van der Waals surface area contributed by atoms with Gasteiger partial charge in [-0.05, 0) is 50.5 Å². The summed E-state index contributed by atoms with van der Waals surface area (Å²) in [5.41, 5.74) is 2.06. The van der Waals surface area contributed by atoms with Crippen LogP contribution in [-0.2, 0) is 17.7 Å². The van der Waals surface area contributed by atoms with E-state index in [2.05, 4.69) is 21.8 Å². The molecule has 152 valence electrons. The third kappa shape index (κ3) is 3.82. The molecule has 1 aliphatic heterocycles. The summed E-state index contributed by atoms with van der Waals surface area (Å²) in [5.74, 6) is 0.985. The van der Waals surface area contributed by atoms with Crippen LogP contribution in [0.3, 0.4) is 0 Å². The Balaban J connectivity index is 1.46. The lowest BCUT2D eigenvalue weighted by molar-refractivity contribution is 0.0883. The van der Waals surface area contributed by atoms with Gasteiger partial charge in [0.25, 0.3) is 5.91 Å². The van der Waals surface area contributed by atoms with Crippen LogP contribution in [0.25, 0.3) is 11.0 Å². The monoisotopic (exact) mass is 395 g/mol. The maximum atomic E-state index is 12.6. The molecule has 7 nitrogen and oxygen atoms in total. The lowest BCUT2D eigenvalue weighted by atomic mass is 10.1. The third-order valence-corrected chi connectivity index (χ3v) is 5.33. The summed E-state index contributed by atoms with van der Waals surface area (Å²) in [5, 5.41) is 2.83. The number of para-hydroxylation sites is 2. The van der Waals surface area contributed by atoms with Crippen LogP contribution in [0.5, 0.6) is 0 Å².